The van der Waals surface area contributed by atoms with E-state index in [0.717, 1.165) is 44.0 Å². The Morgan fingerprint density at radius 3 is 2.28 bits per heavy atom. The summed E-state index contributed by atoms with van der Waals surface area (Å²) in [6.45, 7) is 2.28. The largest absolute Gasteiger partial charge is 0.457 e. The Balaban J connectivity index is 0.00000363. The molecule has 1 aliphatic rings. The second kappa shape index (κ2) is 15.9. The number of para-hydroxylation sites is 1. The molecule has 1 fully saturated rings. The maximum absolute atomic E-state index is 9.46. The van der Waals surface area contributed by atoms with Gasteiger partial charge in [0.05, 0.1) is 12.7 Å². The number of aliphatic hydroxyl groups is 1. The highest BCUT2D eigenvalue weighted by molar-refractivity contribution is 5.85. The predicted molar refractivity (Wildman–Crippen MR) is 135 cm³/mol. The van der Waals surface area contributed by atoms with Gasteiger partial charge in [-0.1, -0.05) is 68.2 Å². The number of benzene rings is 2. The zero-order valence-corrected chi connectivity index (χ0v) is 19.8. The van der Waals surface area contributed by atoms with Gasteiger partial charge in [-0.15, -0.1) is 12.4 Å². The SMILES string of the molecule is Cl.O[C@H]1CN[C@H](COCCCCCCCC/C=C/c2ccc(Oc3ccccc3)cc2)C1. The summed E-state index contributed by atoms with van der Waals surface area (Å²) in [5.41, 5.74) is 1.21. The molecule has 0 bridgehead atoms. The van der Waals surface area contributed by atoms with Gasteiger partial charge in [-0.05, 0) is 55.5 Å². The average molecular weight is 460 g/mol. The summed E-state index contributed by atoms with van der Waals surface area (Å²) in [4.78, 5) is 0. The first-order valence-corrected chi connectivity index (χ1v) is 11.8. The zero-order chi connectivity index (χ0) is 21.6. The maximum atomic E-state index is 9.46. The number of rotatable bonds is 14. The number of halogens is 1. The molecule has 0 aliphatic carbocycles. The van der Waals surface area contributed by atoms with E-state index in [9.17, 15) is 5.11 Å². The minimum absolute atomic E-state index is 0. The topological polar surface area (TPSA) is 50.7 Å². The number of nitrogens with one attached hydrogen (secondary N) is 1. The Bertz CT molecular complexity index is 751. The highest BCUT2D eigenvalue weighted by Gasteiger charge is 2.21. The third kappa shape index (κ3) is 10.6. The molecule has 1 heterocycles. The number of ether oxygens (including phenoxy) is 2. The molecule has 1 saturated heterocycles. The van der Waals surface area contributed by atoms with Gasteiger partial charge in [-0.25, -0.2) is 0 Å². The summed E-state index contributed by atoms with van der Waals surface area (Å²) in [6.07, 6.45) is 13.7. The van der Waals surface area contributed by atoms with Crippen molar-refractivity contribution in [2.24, 2.45) is 0 Å². The molecule has 2 atom stereocenters. The Kier molecular flexibility index (Phi) is 13.1. The molecule has 0 aromatic heterocycles. The number of hydrogen-bond donors (Lipinski definition) is 2. The monoisotopic (exact) mass is 459 g/mol. The van der Waals surface area contributed by atoms with E-state index in [-0.39, 0.29) is 18.5 Å². The number of hydrogen-bond acceptors (Lipinski definition) is 4. The molecular formula is C27H38ClNO3. The quantitative estimate of drug-likeness (QED) is 0.321. The molecule has 0 unspecified atom stereocenters. The van der Waals surface area contributed by atoms with Crippen LogP contribution in [0.4, 0.5) is 0 Å². The van der Waals surface area contributed by atoms with Crippen LogP contribution in [0.2, 0.25) is 0 Å². The van der Waals surface area contributed by atoms with Crippen molar-refractivity contribution < 1.29 is 14.6 Å². The van der Waals surface area contributed by atoms with Crippen LogP contribution in [-0.2, 0) is 4.74 Å². The molecule has 1 aliphatic heterocycles. The van der Waals surface area contributed by atoms with E-state index in [1.165, 1.54) is 37.7 Å². The van der Waals surface area contributed by atoms with Crippen molar-refractivity contribution in [3.8, 4) is 11.5 Å². The number of β-amino-alcohol motifs (C(OH)–C–C–N with tert-alkyl or cyclic N) is 1. The molecule has 0 radical (unpaired) electrons. The van der Waals surface area contributed by atoms with Gasteiger partial charge in [0.1, 0.15) is 11.5 Å². The smallest absolute Gasteiger partial charge is 0.127 e. The minimum Gasteiger partial charge on any atom is -0.457 e. The Morgan fingerprint density at radius 1 is 0.875 bits per heavy atom. The fourth-order valence-electron chi connectivity index (χ4n) is 3.81. The van der Waals surface area contributed by atoms with Crippen LogP contribution in [-0.4, -0.2) is 37.0 Å². The summed E-state index contributed by atoms with van der Waals surface area (Å²) >= 11 is 0. The van der Waals surface area contributed by atoms with E-state index in [1.54, 1.807) is 0 Å². The molecule has 3 rings (SSSR count). The Morgan fingerprint density at radius 2 is 1.56 bits per heavy atom. The lowest BCUT2D eigenvalue weighted by Gasteiger charge is -2.10. The minimum atomic E-state index is -0.191. The summed E-state index contributed by atoms with van der Waals surface area (Å²) < 4.78 is 11.5. The van der Waals surface area contributed by atoms with Gasteiger partial charge in [-0.3, -0.25) is 0 Å². The van der Waals surface area contributed by atoms with Crippen molar-refractivity contribution in [1.29, 1.82) is 0 Å². The molecular weight excluding hydrogens is 422 g/mol. The van der Waals surface area contributed by atoms with Crippen LogP contribution in [0, 0.1) is 0 Å². The van der Waals surface area contributed by atoms with Gasteiger partial charge in [0.15, 0.2) is 0 Å². The fourth-order valence-corrected chi connectivity index (χ4v) is 3.81. The van der Waals surface area contributed by atoms with E-state index in [4.69, 9.17) is 9.47 Å². The van der Waals surface area contributed by atoms with Gasteiger partial charge in [0.25, 0.3) is 0 Å². The average Bonchev–Trinajstić information content (AvgIpc) is 3.21. The van der Waals surface area contributed by atoms with Crippen molar-refractivity contribution in [2.45, 2.75) is 63.5 Å². The zero-order valence-electron chi connectivity index (χ0n) is 19.0. The van der Waals surface area contributed by atoms with Gasteiger partial charge < -0.3 is 19.9 Å². The molecule has 2 N–H and O–H groups in total. The van der Waals surface area contributed by atoms with Crippen LogP contribution >= 0.6 is 12.4 Å². The first-order valence-electron chi connectivity index (χ1n) is 11.8. The molecule has 2 aromatic rings. The lowest BCUT2D eigenvalue weighted by molar-refractivity contribution is 0.107. The second-order valence-corrected chi connectivity index (χ2v) is 8.37. The number of unbranched alkanes of at least 4 members (excludes halogenated alkanes) is 6. The van der Waals surface area contributed by atoms with Gasteiger partial charge in [-0.2, -0.15) is 0 Å². The molecule has 0 saturated carbocycles. The van der Waals surface area contributed by atoms with E-state index in [1.807, 2.05) is 42.5 Å². The Hall–Kier alpha value is -1.85. The first kappa shape index (κ1) is 26.4. The van der Waals surface area contributed by atoms with E-state index in [0.29, 0.717) is 12.6 Å². The molecule has 2 aromatic carbocycles. The summed E-state index contributed by atoms with van der Waals surface area (Å²) in [7, 11) is 0. The molecule has 0 amide bonds. The van der Waals surface area contributed by atoms with Crippen LogP contribution < -0.4 is 10.1 Å². The predicted octanol–water partition coefficient (Wildman–Crippen LogP) is 6.38. The van der Waals surface area contributed by atoms with Crippen LogP contribution in [0.3, 0.4) is 0 Å². The highest BCUT2D eigenvalue weighted by atomic mass is 35.5. The maximum Gasteiger partial charge on any atom is 0.127 e. The Labute approximate surface area is 199 Å². The van der Waals surface area contributed by atoms with Gasteiger partial charge >= 0.3 is 0 Å². The van der Waals surface area contributed by atoms with E-state index >= 15 is 0 Å². The molecule has 5 heteroatoms. The van der Waals surface area contributed by atoms with Crippen LogP contribution in [0.1, 0.15) is 56.9 Å². The molecule has 0 spiro atoms. The molecule has 176 valence electrons. The van der Waals surface area contributed by atoms with Crippen molar-refractivity contribution >= 4 is 18.5 Å². The normalized spacial score (nSPS) is 18.0. The van der Waals surface area contributed by atoms with Crippen molar-refractivity contribution in [3.63, 3.8) is 0 Å². The standard InChI is InChI=1S/C27H37NO3.ClH/c29-25-20-24(28-21-25)22-30-19-11-6-4-2-1-3-5-8-12-23-15-17-27(18-16-23)31-26-13-9-7-10-14-26;/h7-10,12-18,24-25,28-29H,1-6,11,19-22H2;1H/b12-8+;/t24-,25+;/m0./s1. The number of allylic oxidation sites excluding steroid dienone is 1. The van der Waals surface area contributed by atoms with Gasteiger partial charge in [0, 0.05) is 19.2 Å². The van der Waals surface area contributed by atoms with Crippen molar-refractivity contribution in [1.82, 2.24) is 5.32 Å². The second-order valence-electron chi connectivity index (χ2n) is 8.37. The van der Waals surface area contributed by atoms with E-state index in [2.05, 4.69) is 29.6 Å². The molecule has 32 heavy (non-hydrogen) atoms. The van der Waals surface area contributed by atoms with Gasteiger partial charge in [0.2, 0.25) is 0 Å². The van der Waals surface area contributed by atoms with Crippen molar-refractivity contribution in [3.05, 3.63) is 66.2 Å². The summed E-state index contributed by atoms with van der Waals surface area (Å²) in [5.74, 6) is 1.73. The van der Waals surface area contributed by atoms with Crippen LogP contribution in [0.15, 0.2) is 60.7 Å². The van der Waals surface area contributed by atoms with Crippen LogP contribution in [0.25, 0.3) is 6.08 Å². The lowest BCUT2D eigenvalue weighted by atomic mass is 10.1. The summed E-state index contributed by atoms with van der Waals surface area (Å²) in [6, 6.07) is 18.4. The lowest BCUT2D eigenvalue weighted by Crippen LogP contribution is -2.26. The highest BCUT2D eigenvalue weighted by Crippen LogP contribution is 2.21. The third-order valence-electron chi connectivity index (χ3n) is 5.60. The third-order valence-corrected chi connectivity index (χ3v) is 5.60. The number of aliphatic hydroxyl groups excluding tert-OH is 1. The van der Waals surface area contributed by atoms with E-state index < -0.39 is 0 Å². The van der Waals surface area contributed by atoms with Crippen LogP contribution in [0.5, 0.6) is 11.5 Å². The fraction of sp³-hybridized carbons (Fsp3) is 0.481. The first-order chi connectivity index (χ1) is 15.3. The molecule has 4 nitrogen and oxygen atoms in total. The van der Waals surface area contributed by atoms with Crippen molar-refractivity contribution in [2.75, 3.05) is 19.8 Å². The summed E-state index contributed by atoms with van der Waals surface area (Å²) in [5, 5.41) is 12.7.